The van der Waals surface area contributed by atoms with E-state index < -0.39 is 0 Å². The molecule has 4 heteroatoms. The Morgan fingerprint density at radius 1 is 1.26 bits per heavy atom. The fraction of sp³-hybridized carbons (Fsp3) is 0.421. The summed E-state index contributed by atoms with van der Waals surface area (Å²) in [5.41, 5.74) is 2.47. The summed E-state index contributed by atoms with van der Waals surface area (Å²) in [6, 6.07) is 13.1. The summed E-state index contributed by atoms with van der Waals surface area (Å²) < 4.78 is 0. The van der Waals surface area contributed by atoms with Gasteiger partial charge in [0.25, 0.3) is 0 Å². The van der Waals surface area contributed by atoms with E-state index in [1.54, 1.807) is 11.3 Å². The summed E-state index contributed by atoms with van der Waals surface area (Å²) in [6.45, 7) is 2.70. The Morgan fingerprint density at radius 3 is 2.83 bits per heavy atom. The van der Waals surface area contributed by atoms with E-state index in [2.05, 4.69) is 47.7 Å². The van der Waals surface area contributed by atoms with Crippen molar-refractivity contribution in [2.45, 2.75) is 31.8 Å². The first-order valence-corrected chi connectivity index (χ1v) is 9.19. The first-order valence-electron chi connectivity index (χ1n) is 8.25. The molecule has 1 aromatic heterocycles. The van der Waals surface area contributed by atoms with Crippen LogP contribution in [0.3, 0.4) is 0 Å². The molecule has 0 bridgehead atoms. The lowest BCUT2D eigenvalue weighted by Gasteiger charge is -2.37. The largest absolute Gasteiger partial charge is 0.341 e. The van der Waals surface area contributed by atoms with E-state index in [0.29, 0.717) is 12.5 Å². The Kier molecular flexibility index (Phi) is 5.47. The SMILES string of the molecule is CN(Cc1ccccc1)[C@@H]1CCCN(C(=O)Cc2ccsc2)C1. The van der Waals surface area contributed by atoms with Crippen molar-refractivity contribution < 1.29 is 4.79 Å². The third kappa shape index (κ3) is 4.43. The third-order valence-electron chi connectivity index (χ3n) is 4.58. The molecule has 1 atom stereocenters. The number of carbonyl (C=O) groups is 1. The molecule has 0 N–H and O–H groups in total. The minimum absolute atomic E-state index is 0.265. The van der Waals surface area contributed by atoms with Gasteiger partial charge in [-0.15, -0.1) is 0 Å². The number of benzene rings is 1. The average Bonchev–Trinajstić information content (AvgIpc) is 3.09. The summed E-state index contributed by atoms with van der Waals surface area (Å²) in [6.07, 6.45) is 2.81. The Hall–Kier alpha value is -1.65. The van der Waals surface area contributed by atoms with Crippen LogP contribution in [0.1, 0.15) is 24.0 Å². The highest BCUT2D eigenvalue weighted by Crippen LogP contribution is 2.18. The second-order valence-corrected chi connectivity index (χ2v) is 7.12. The molecule has 3 nitrogen and oxygen atoms in total. The zero-order chi connectivity index (χ0) is 16.1. The van der Waals surface area contributed by atoms with Gasteiger partial charge in [-0.05, 0) is 47.8 Å². The van der Waals surface area contributed by atoms with Crippen molar-refractivity contribution in [2.75, 3.05) is 20.1 Å². The van der Waals surface area contributed by atoms with Gasteiger partial charge in [0.1, 0.15) is 0 Å². The lowest BCUT2D eigenvalue weighted by molar-refractivity contribution is -0.132. The number of likely N-dealkylation sites (N-methyl/N-ethyl adjacent to an activating group) is 1. The van der Waals surface area contributed by atoms with Crippen LogP contribution in [0, 0.1) is 0 Å². The van der Waals surface area contributed by atoms with Crippen molar-refractivity contribution in [3.05, 3.63) is 58.3 Å². The standard InChI is InChI=1S/C19H24N2OS/c1-20(13-16-6-3-2-4-7-16)18-8-5-10-21(14-18)19(22)12-17-9-11-23-15-17/h2-4,6-7,9,11,15,18H,5,8,10,12-14H2,1H3/t18-/m1/s1. The minimum Gasteiger partial charge on any atom is -0.341 e. The topological polar surface area (TPSA) is 23.6 Å². The molecule has 3 rings (SSSR count). The summed E-state index contributed by atoms with van der Waals surface area (Å²) in [5.74, 6) is 0.265. The number of likely N-dealkylation sites (tertiary alicyclic amines) is 1. The fourth-order valence-electron chi connectivity index (χ4n) is 3.22. The maximum Gasteiger partial charge on any atom is 0.227 e. The van der Waals surface area contributed by atoms with E-state index in [1.165, 1.54) is 12.0 Å². The molecule has 1 fully saturated rings. The van der Waals surface area contributed by atoms with Crippen LogP contribution >= 0.6 is 11.3 Å². The molecule has 2 heterocycles. The van der Waals surface area contributed by atoms with Gasteiger partial charge in [-0.3, -0.25) is 9.69 Å². The number of hydrogen-bond acceptors (Lipinski definition) is 3. The van der Waals surface area contributed by atoms with E-state index >= 15 is 0 Å². The van der Waals surface area contributed by atoms with Gasteiger partial charge in [-0.2, -0.15) is 11.3 Å². The fourth-order valence-corrected chi connectivity index (χ4v) is 3.89. The molecular formula is C19H24N2OS. The number of amides is 1. The molecule has 1 aromatic carbocycles. The van der Waals surface area contributed by atoms with Crippen molar-refractivity contribution in [3.63, 3.8) is 0 Å². The van der Waals surface area contributed by atoms with Gasteiger partial charge in [0, 0.05) is 25.7 Å². The van der Waals surface area contributed by atoms with Crippen molar-refractivity contribution >= 4 is 17.2 Å². The van der Waals surface area contributed by atoms with E-state index in [-0.39, 0.29) is 5.91 Å². The second kappa shape index (κ2) is 7.75. The normalized spacial score (nSPS) is 18.3. The number of rotatable bonds is 5. The van der Waals surface area contributed by atoms with Gasteiger partial charge < -0.3 is 4.90 Å². The molecule has 0 radical (unpaired) electrons. The summed E-state index contributed by atoms with van der Waals surface area (Å²) in [4.78, 5) is 16.9. The monoisotopic (exact) mass is 328 g/mol. The Balaban J connectivity index is 1.56. The van der Waals surface area contributed by atoms with Gasteiger partial charge in [-0.1, -0.05) is 30.3 Å². The van der Waals surface area contributed by atoms with Crippen LogP contribution in [-0.4, -0.2) is 41.9 Å². The van der Waals surface area contributed by atoms with Gasteiger partial charge in [-0.25, -0.2) is 0 Å². The molecule has 122 valence electrons. The summed E-state index contributed by atoms with van der Waals surface area (Å²) in [5, 5.41) is 4.11. The van der Waals surface area contributed by atoms with Crippen LogP contribution in [-0.2, 0) is 17.8 Å². The van der Waals surface area contributed by atoms with Gasteiger partial charge in [0.2, 0.25) is 5.91 Å². The molecule has 1 saturated heterocycles. The molecule has 1 aliphatic rings. The molecule has 1 aliphatic heterocycles. The van der Waals surface area contributed by atoms with E-state index in [9.17, 15) is 4.79 Å². The third-order valence-corrected chi connectivity index (χ3v) is 5.31. The van der Waals surface area contributed by atoms with Crippen molar-refractivity contribution in [3.8, 4) is 0 Å². The van der Waals surface area contributed by atoms with Crippen molar-refractivity contribution in [1.82, 2.24) is 9.80 Å². The lowest BCUT2D eigenvalue weighted by atomic mass is 10.0. The van der Waals surface area contributed by atoms with Gasteiger partial charge in [0.05, 0.1) is 6.42 Å². The molecule has 0 spiro atoms. The highest BCUT2D eigenvalue weighted by molar-refractivity contribution is 7.07. The van der Waals surface area contributed by atoms with Gasteiger partial charge >= 0.3 is 0 Å². The maximum atomic E-state index is 12.5. The maximum absolute atomic E-state index is 12.5. The Morgan fingerprint density at radius 2 is 2.09 bits per heavy atom. The highest BCUT2D eigenvalue weighted by atomic mass is 32.1. The van der Waals surface area contributed by atoms with Crippen LogP contribution in [0.25, 0.3) is 0 Å². The van der Waals surface area contributed by atoms with Crippen LogP contribution < -0.4 is 0 Å². The first kappa shape index (κ1) is 16.2. The van der Waals surface area contributed by atoms with Gasteiger partial charge in [0.15, 0.2) is 0 Å². The number of thiophene rings is 1. The number of hydrogen-bond donors (Lipinski definition) is 0. The van der Waals surface area contributed by atoms with Crippen LogP contribution in [0.15, 0.2) is 47.2 Å². The number of piperidine rings is 1. The quantitative estimate of drug-likeness (QED) is 0.840. The molecule has 0 unspecified atom stereocenters. The summed E-state index contributed by atoms with van der Waals surface area (Å²) >= 11 is 1.66. The van der Waals surface area contributed by atoms with Crippen molar-refractivity contribution in [2.24, 2.45) is 0 Å². The molecular weight excluding hydrogens is 304 g/mol. The van der Waals surface area contributed by atoms with Crippen LogP contribution in [0.4, 0.5) is 0 Å². The molecule has 2 aromatic rings. The minimum atomic E-state index is 0.265. The van der Waals surface area contributed by atoms with E-state index in [1.807, 2.05) is 16.3 Å². The first-order chi connectivity index (χ1) is 11.2. The van der Waals surface area contributed by atoms with Crippen LogP contribution in [0.2, 0.25) is 0 Å². The van der Waals surface area contributed by atoms with Crippen molar-refractivity contribution in [1.29, 1.82) is 0 Å². The summed E-state index contributed by atoms with van der Waals surface area (Å²) in [7, 11) is 2.17. The van der Waals surface area contributed by atoms with E-state index in [4.69, 9.17) is 0 Å². The second-order valence-electron chi connectivity index (χ2n) is 6.34. The van der Waals surface area contributed by atoms with E-state index in [0.717, 1.165) is 31.6 Å². The predicted molar refractivity (Wildman–Crippen MR) is 95.5 cm³/mol. The van der Waals surface area contributed by atoms with Crippen LogP contribution in [0.5, 0.6) is 0 Å². The lowest BCUT2D eigenvalue weighted by Crippen LogP contribution is -2.48. The Labute approximate surface area is 142 Å². The molecule has 23 heavy (non-hydrogen) atoms. The zero-order valence-corrected chi connectivity index (χ0v) is 14.5. The zero-order valence-electron chi connectivity index (χ0n) is 13.6. The number of nitrogens with zero attached hydrogens (tertiary/aromatic N) is 2. The molecule has 0 saturated carbocycles. The molecule has 0 aliphatic carbocycles. The number of carbonyl (C=O) groups excluding carboxylic acids is 1. The predicted octanol–water partition coefficient (Wildman–Crippen LogP) is 3.41. The smallest absolute Gasteiger partial charge is 0.227 e. The highest BCUT2D eigenvalue weighted by Gasteiger charge is 2.26. The Bertz CT molecular complexity index is 612. The molecule has 1 amide bonds. The average molecular weight is 328 g/mol.